The van der Waals surface area contributed by atoms with Gasteiger partial charge in [-0.3, -0.25) is 19.3 Å². The van der Waals surface area contributed by atoms with Crippen LogP contribution in [0.5, 0.6) is 0 Å². The number of nitrogens with one attached hydrogen (secondary N) is 1. The molecule has 0 radical (unpaired) electrons. The van der Waals surface area contributed by atoms with Crippen LogP contribution in [0.1, 0.15) is 36.7 Å². The lowest BCUT2D eigenvalue weighted by Crippen LogP contribution is -2.50. The average molecular weight is 462 g/mol. The van der Waals surface area contributed by atoms with Crippen LogP contribution in [-0.2, 0) is 4.79 Å². The first-order chi connectivity index (χ1) is 15.9. The number of ketones is 1. The van der Waals surface area contributed by atoms with Gasteiger partial charge in [0.15, 0.2) is 0 Å². The molecule has 0 bridgehead atoms. The van der Waals surface area contributed by atoms with Gasteiger partial charge in [-0.05, 0) is 48.6 Å². The molecule has 2 amide bonds. The first kappa shape index (κ1) is 22.9. The molecular weight excluding hydrogens is 434 g/mol. The number of hydrogen-bond donors (Lipinski definition) is 1. The minimum atomic E-state index is -0.144. The van der Waals surface area contributed by atoms with Crippen molar-refractivity contribution in [3.63, 3.8) is 0 Å². The summed E-state index contributed by atoms with van der Waals surface area (Å²) in [6.45, 7) is 6.53. The Morgan fingerprint density at radius 3 is 2.30 bits per heavy atom. The van der Waals surface area contributed by atoms with Crippen LogP contribution in [0.2, 0.25) is 0 Å². The molecule has 0 unspecified atom stereocenters. The molecule has 0 aliphatic carbocycles. The van der Waals surface area contributed by atoms with Gasteiger partial charge in [-0.15, -0.1) is 11.3 Å². The number of hydrogen-bond acceptors (Lipinski definition) is 5. The van der Waals surface area contributed by atoms with Crippen molar-refractivity contribution in [2.24, 2.45) is 0 Å². The van der Waals surface area contributed by atoms with E-state index in [4.69, 9.17) is 0 Å². The van der Waals surface area contributed by atoms with Crippen LogP contribution in [0, 0.1) is 13.8 Å². The summed E-state index contributed by atoms with van der Waals surface area (Å²) in [5.74, 6) is -0.332. The lowest BCUT2D eigenvalue weighted by Gasteiger charge is -2.34. The van der Waals surface area contributed by atoms with E-state index in [9.17, 15) is 14.4 Å². The maximum Gasteiger partial charge on any atom is 0.254 e. The summed E-state index contributed by atoms with van der Waals surface area (Å²) in [5.41, 5.74) is 3.90. The number of nitrogens with zero attached hydrogens (tertiary/aromatic N) is 2. The molecule has 1 fully saturated rings. The Hall–Kier alpha value is -3.29. The van der Waals surface area contributed by atoms with Gasteiger partial charge in [-0.1, -0.05) is 36.4 Å². The summed E-state index contributed by atoms with van der Waals surface area (Å²) in [4.78, 5) is 43.1. The summed E-state index contributed by atoms with van der Waals surface area (Å²) in [5, 5.41) is 4.85. The highest BCUT2D eigenvalue weighted by molar-refractivity contribution is 7.12. The van der Waals surface area contributed by atoms with Gasteiger partial charge in [-0.25, -0.2) is 0 Å². The summed E-state index contributed by atoms with van der Waals surface area (Å²) in [7, 11) is 0. The quantitative estimate of drug-likeness (QED) is 0.564. The maximum absolute atomic E-state index is 13.2. The minimum absolute atomic E-state index is 0.0598. The topological polar surface area (TPSA) is 69.7 Å². The van der Waals surface area contributed by atoms with E-state index < -0.39 is 0 Å². The van der Waals surface area contributed by atoms with E-state index >= 15 is 0 Å². The van der Waals surface area contributed by atoms with Crippen molar-refractivity contribution in [3.05, 3.63) is 87.1 Å². The van der Waals surface area contributed by atoms with E-state index in [1.54, 1.807) is 35.2 Å². The van der Waals surface area contributed by atoms with E-state index in [1.165, 1.54) is 11.3 Å². The van der Waals surface area contributed by atoms with Gasteiger partial charge in [0.25, 0.3) is 5.91 Å². The van der Waals surface area contributed by atoms with Crippen molar-refractivity contribution in [2.75, 3.05) is 38.0 Å². The van der Waals surface area contributed by atoms with Gasteiger partial charge < -0.3 is 10.2 Å². The van der Waals surface area contributed by atoms with Crippen LogP contribution in [0.15, 0.2) is 60.0 Å². The lowest BCUT2D eigenvalue weighted by molar-refractivity contribution is -0.117. The smallest absolute Gasteiger partial charge is 0.254 e. The zero-order valence-electron chi connectivity index (χ0n) is 18.8. The fraction of sp³-hybridized carbons (Fsp3) is 0.269. The fourth-order valence-corrected chi connectivity index (χ4v) is 4.64. The van der Waals surface area contributed by atoms with Gasteiger partial charge in [-0.2, -0.15) is 0 Å². The van der Waals surface area contributed by atoms with E-state index in [2.05, 4.69) is 5.32 Å². The van der Waals surface area contributed by atoms with E-state index in [-0.39, 0.29) is 24.1 Å². The van der Waals surface area contributed by atoms with Crippen molar-refractivity contribution in [3.8, 4) is 0 Å². The molecule has 0 atom stereocenters. The molecule has 1 saturated heterocycles. The number of rotatable bonds is 6. The third-order valence-electron chi connectivity index (χ3n) is 6.05. The molecule has 2 heterocycles. The number of carbonyl (C=O) groups excluding carboxylic acids is 3. The first-order valence-electron chi connectivity index (χ1n) is 11.0. The summed E-state index contributed by atoms with van der Waals surface area (Å²) in [6.07, 6.45) is 0. The van der Waals surface area contributed by atoms with Gasteiger partial charge in [0.05, 0.1) is 17.0 Å². The van der Waals surface area contributed by atoms with Crippen LogP contribution in [0.3, 0.4) is 0 Å². The van der Waals surface area contributed by atoms with Crippen LogP contribution >= 0.6 is 11.3 Å². The molecule has 0 saturated carbocycles. The number of aryl methyl sites for hydroxylation is 1. The van der Waals surface area contributed by atoms with Crippen LogP contribution in [0.25, 0.3) is 0 Å². The highest BCUT2D eigenvalue weighted by atomic mass is 32.1. The standard InChI is InChI=1S/C26H27N3O3S/c1-18-7-5-10-22(19(18)2)27-24(30)17-28-12-14-29(15-13-28)26(32)21-9-4-3-8-20(21)25(31)23-11-6-16-33-23/h3-11,16H,12-15,17H2,1-2H3,(H,27,30). The van der Waals surface area contributed by atoms with Crippen molar-refractivity contribution in [1.82, 2.24) is 9.80 Å². The zero-order chi connectivity index (χ0) is 23.4. The zero-order valence-corrected chi connectivity index (χ0v) is 19.7. The predicted molar refractivity (Wildman–Crippen MR) is 131 cm³/mol. The lowest BCUT2D eigenvalue weighted by atomic mass is 10.0. The molecule has 6 nitrogen and oxygen atoms in total. The maximum atomic E-state index is 13.2. The Balaban J connectivity index is 1.36. The number of carbonyl (C=O) groups is 3. The van der Waals surface area contributed by atoms with Crippen molar-refractivity contribution >= 4 is 34.6 Å². The Morgan fingerprint density at radius 1 is 0.879 bits per heavy atom. The van der Waals surface area contributed by atoms with E-state index in [1.807, 2.05) is 48.4 Å². The number of piperazine rings is 1. The van der Waals surface area contributed by atoms with Crippen LogP contribution < -0.4 is 5.32 Å². The molecule has 4 rings (SSSR count). The molecule has 7 heteroatoms. The summed E-state index contributed by atoms with van der Waals surface area (Å²) in [6, 6.07) is 16.5. The Bertz CT molecular complexity index is 1170. The predicted octanol–water partition coefficient (Wildman–Crippen LogP) is 3.99. The number of amides is 2. The second kappa shape index (κ2) is 10.1. The van der Waals surface area contributed by atoms with Crippen molar-refractivity contribution < 1.29 is 14.4 Å². The largest absolute Gasteiger partial charge is 0.336 e. The Labute approximate surface area is 197 Å². The monoisotopic (exact) mass is 461 g/mol. The molecule has 0 spiro atoms. The molecule has 2 aromatic carbocycles. The van der Waals surface area contributed by atoms with Crippen LogP contribution in [-0.4, -0.2) is 60.1 Å². The molecule has 1 N–H and O–H groups in total. The minimum Gasteiger partial charge on any atom is -0.336 e. The third-order valence-corrected chi connectivity index (χ3v) is 6.92. The highest BCUT2D eigenvalue weighted by Gasteiger charge is 2.26. The van der Waals surface area contributed by atoms with Gasteiger partial charge in [0, 0.05) is 37.4 Å². The number of thiophene rings is 1. The number of anilines is 1. The summed E-state index contributed by atoms with van der Waals surface area (Å²) < 4.78 is 0. The Kier molecular flexibility index (Phi) is 7.01. The van der Waals surface area contributed by atoms with Gasteiger partial charge in [0.2, 0.25) is 11.7 Å². The van der Waals surface area contributed by atoms with E-state index in [0.717, 1.165) is 16.8 Å². The SMILES string of the molecule is Cc1cccc(NC(=O)CN2CCN(C(=O)c3ccccc3C(=O)c3cccs3)CC2)c1C. The second-order valence-corrected chi connectivity index (χ2v) is 9.16. The molecule has 1 aromatic heterocycles. The van der Waals surface area contributed by atoms with Crippen molar-refractivity contribution in [1.29, 1.82) is 0 Å². The van der Waals surface area contributed by atoms with Crippen LogP contribution in [0.4, 0.5) is 5.69 Å². The molecule has 33 heavy (non-hydrogen) atoms. The first-order valence-corrected chi connectivity index (χ1v) is 11.9. The van der Waals surface area contributed by atoms with Gasteiger partial charge >= 0.3 is 0 Å². The summed E-state index contributed by atoms with van der Waals surface area (Å²) >= 11 is 1.37. The third kappa shape index (κ3) is 5.21. The Morgan fingerprint density at radius 2 is 1.61 bits per heavy atom. The normalized spacial score (nSPS) is 14.2. The molecule has 3 aromatic rings. The molecule has 1 aliphatic rings. The highest BCUT2D eigenvalue weighted by Crippen LogP contribution is 2.21. The van der Waals surface area contributed by atoms with E-state index in [0.29, 0.717) is 42.2 Å². The van der Waals surface area contributed by atoms with Gasteiger partial charge in [0.1, 0.15) is 0 Å². The molecule has 1 aliphatic heterocycles. The second-order valence-electron chi connectivity index (χ2n) is 8.22. The molecular formula is C26H27N3O3S. The number of benzene rings is 2. The molecule has 170 valence electrons. The van der Waals surface area contributed by atoms with Crippen molar-refractivity contribution in [2.45, 2.75) is 13.8 Å². The average Bonchev–Trinajstić information content (AvgIpc) is 3.37. The fourth-order valence-electron chi connectivity index (χ4n) is 3.97.